The van der Waals surface area contributed by atoms with Gasteiger partial charge in [-0.05, 0) is 37.1 Å². The van der Waals surface area contributed by atoms with E-state index >= 15 is 0 Å². The second-order valence-electron chi connectivity index (χ2n) is 5.44. The Balaban J connectivity index is 1.98. The average Bonchev–Trinajstić information content (AvgIpc) is 2.56. The van der Waals surface area contributed by atoms with E-state index in [-0.39, 0.29) is 18.5 Å². The van der Waals surface area contributed by atoms with Crippen LogP contribution in [0.3, 0.4) is 0 Å². The first-order chi connectivity index (χ1) is 11.0. The Kier molecular flexibility index (Phi) is 5.51. The number of ether oxygens (including phenoxy) is 1. The summed E-state index contributed by atoms with van der Waals surface area (Å²) in [6.45, 7) is 1.98. The zero-order valence-corrected chi connectivity index (χ0v) is 13.6. The molecule has 122 valence electrons. The number of methoxy groups -OCH3 is 1. The molecule has 0 aliphatic rings. The van der Waals surface area contributed by atoms with E-state index in [0.717, 1.165) is 17.7 Å². The number of hydrogen-bond acceptors (Lipinski definition) is 4. The van der Waals surface area contributed by atoms with Gasteiger partial charge in [-0.1, -0.05) is 12.1 Å². The first kappa shape index (κ1) is 16.7. The number of aromatic nitrogens is 2. The summed E-state index contributed by atoms with van der Waals surface area (Å²) in [6.07, 6.45) is 3.71. The van der Waals surface area contributed by atoms with Crippen LogP contribution >= 0.6 is 0 Å². The van der Waals surface area contributed by atoms with Crippen molar-refractivity contribution in [3.05, 3.63) is 58.8 Å². The summed E-state index contributed by atoms with van der Waals surface area (Å²) in [5.41, 5.74) is 0.702. The van der Waals surface area contributed by atoms with E-state index in [9.17, 15) is 9.59 Å². The van der Waals surface area contributed by atoms with Crippen LogP contribution in [0.5, 0.6) is 5.75 Å². The summed E-state index contributed by atoms with van der Waals surface area (Å²) in [4.78, 5) is 29.2. The fourth-order valence-electron chi connectivity index (χ4n) is 2.25. The summed E-state index contributed by atoms with van der Waals surface area (Å²) < 4.78 is 6.44. The smallest absolute Gasteiger partial charge is 0.347 e. The number of likely N-dealkylation sites (N-methyl/N-ethyl adjacent to an activating group) is 1. The van der Waals surface area contributed by atoms with Gasteiger partial charge in [0.15, 0.2) is 0 Å². The molecule has 0 spiro atoms. The van der Waals surface area contributed by atoms with E-state index < -0.39 is 5.69 Å². The van der Waals surface area contributed by atoms with E-state index in [4.69, 9.17) is 4.74 Å². The molecule has 1 aromatic carbocycles. The predicted octanol–water partition coefficient (Wildman–Crippen LogP) is 1.34. The van der Waals surface area contributed by atoms with Gasteiger partial charge in [-0.25, -0.2) is 9.78 Å². The van der Waals surface area contributed by atoms with E-state index in [2.05, 4.69) is 4.98 Å². The van der Waals surface area contributed by atoms with Crippen molar-refractivity contribution in [3.8, 4) is 5.75 Å². The number of carbonyl (C=O) groups excluding carboxylic acids is 1. The lowest BCUT2D eigenvalue weighted by Crippen LogP contribution is -2.40. The Morgan fingerprint density at radius 1 is 1.35 bits per heavy atom. The molecule has 0 saturated carbocycles. The van der Waals surface area contributed by atoms with Gasteiger partial charge in [-0.15, -0.1) is 0 Å². The summed E-state index contributed by atoms with van der Waals surface area (Å²) in [5.74, 6) is 0.683. The lowest BCUT2D eigenvalue weighted by Gasteiger charge is -2.25. The number of carbonyl (C=O) groups is 1. The Morgan fingerprint density at radius 3 is 2.65 bits per heavy atom. The minimum atomic E-state index is -0.419. The van der Waals surface area contributed by atoms with Crippen molar-refractivity contribution < 1.29 is 9.53 Å². The first-order valence-corrected chi connectivity index (χ1v) is 7.41. The average molecular weight is 315 g/mol. The molecule has 6 heteroatoms. The maximum absolute atomic E-state index is 12.3. The zero-order valence-electron chi connectivity index (χ0n) is 13.6. The quantitative estimate of drug-likeness (QED) is 0.807. The van der Waals surface area contributed by atoms with E-state index in [1.54, 1.807) is 31.3 Å². The van der Waals surface area contributed by atoms with Crippen molar-refractivity contribution in [2.24, 2.45) is 0 Å². The van der Waals surface area contributed by atoms with Gasteiger partial charge in [-0.3, -0.25) is 9.36 Å². The molecule has 0 aliphatic carbocycles. The van der Waals surface area contributed by atoms with Crippen molar-refractivity contribution in [3.63, 3.8) is 0 Å². The Hall–Kier alpha value is -2.63. The summed E-state index contributed by atoms with van der Waals surface area (Å²) in [7, 11) is 3.38. The van der Waals surface area contributed by atoms with Crippen LogP contribution in [0.4, 0.5) is 0 Å². The van der Waals surface area contributed by atoms with Gasteiger partial charge in [0.1, 0.15) is 12.3 Å². The zero-order chi connectivity index (χ0) is 16.8. The lowest BCUT2D eigenvalue weighted by molar-refractivity contribution is -0.132. The third kappa shape index (κ3) is 4.42. The summed E-state index contributed by atoms with van der Waals surface area (Å²) in [6, 6.07) is 9.43. The SMILES string of the molecule is COc1ccc(C[C@@H](C)N(C)C(=O)Cn2cccnc2=O)cc1. The highest BCUT2D eigenvalue weighted by Crippen LogP contribution is 2.14. The molecular weight excluding hydrogens is 294 g/mol. The summed E-state index contributed by atoms with van der Waals surface area (Å²) >= 11 is 0. The van der Waals surface area contributed by atoms with Crippen LogP contribution in [-0.4, -0.2) is 40.6 Å². The number of hydrogen-bond donors (Lipinski definition) is 0. The van der Waals surface area contributed by atoms with Gasteiger partial charge in [0.2, 0.25) is 5.91 Å². The Labute approximate surface area is 135 Å². The van der Waals surface area contributed by atoms with E-state index in [0.29, 0.717) is 0 Å². The molecule has 0 fully saturated rings. The highest BCUT2D eigenvalue weighted by molar-refractivity contribution is 5.76. The van der Waals surface area contributed by atoms with Crippen molar-refractivity contribution in [2.75, 3.05) is 14.2 Å². The summed E-state index contributed by atoms with van der Waals surface area (Å²) in [5, 5.41) is 0. The van der Waals surface area contributed by atoms with Gasteiger partial charge in [-0.2, -0.15) is 0 Å². The minimum absolute atomic E-state index is 0.00384. The minimum Gasteiger partial charge on any atom is -0.497 e. The normalized spacial score (nSPS) is 11.8. The maximum Gasteiger partial charge on any atom is 0.347 e. The second kappa shape index (κ2) is 7.58. The molecule has 1 heterocycles. The van der Waals surface area contributed by atoms with Crippen LogP contribution in [0.25, 0.3) is 0 Å². The second-order valence-corrected chi connectivity index (χ2v) is 5.44. The van der Waals surface area contributed by atoms with Crippen molar-refractivity contribution in [1.82, 2.24) is 14.5 Å². The van der Waals surface area contributed by atoms with Crippen LogP contribution < -0.4 is 10.4 Å². The van der Waals surface area contributed by atoms with Crippen LogP contribution in [0.15, 0.2) is 47.5 Å². The molecule has 2 rings (SSSR count). The molecule has 0 saturated heterocycles. The molecule has 0 N–H and O–H groups in total. The first-order valence-electron chi connectivity index (χ1n) is 7.41. The molecule has 23 heavy (non-hydrogen) atoms. The van der Waals surface area contributed by atoms with Crippen molar-refractivity contribution in [2.45, 2.75) is 25.9 Å². The van der Waals surface area contributed by atoms with Gasteiger partial charge < -0.3 is 9.64 Å². The molecule has 0 bridgehead atoms. The molecule has 1 aromatic heterocycles. The monoisotopic (exact) mass is 315 g/mol. The standard InChI is InChI=1S/C17H21N3O3/c1-13(11-14-5-7-15(23-3)8-6-14)19(2)16(21)12-20-10-4-9-18-17(20)22/h4-10,13H,11-12H2,1-3H3/t13-/m1/s1. The number of nitrogens with zero attached hydrogens (tertiary/aromatic N) is 3. The van der Waals surface area contributed by atoms with E-state index in [1.165, 1.54) is 10.8 Å². The molecular formula is C17H21N3O3. The van der Waals surface area contributed by atoms with Gasteiger partial charge in [0.05, 0.1) is 7.11 Å². The molecule has 0 radical (unpaired) electrons. The molecule has 0 aliphatic heterocycles. The third-order valence-corrected chi connectivity index (χ3v) is 3.83. The number of benzene rings is 1. The Morgan fingerprint density at radius 2 is 2.04 bits per heavy atom. The fraction of sp³-hybridized carbons (Fsp3) is 0.353. The Bertz CT molecular complexity index is 710. The molecule has 6 nitrogen and oxygen atoms in total. The predicted molar refractivity (Wildman–Crippen MR) is 87.4 cm³/mol. The van der Waals surface area contributed by atoms with Crippen LogP contribution in [-0.2, 0) is 17.8 Å². The molecule has 2 aromatic rings. The number of rotatable bonds is 6. The van der Waals surface area contributed by atoms with Crippen molar-refractivity contribution >= 4 is 5.91 Å². The topological polar surface area (TPSA) is 64.4 Å². The van der Waals surface area contributed by atoms with Crippen LogP contribution in [0, 0.1) is 0 Å². The van der Waals surface area contributed by atoms with Crippen LogP contribution in [0.1, 0.15) is 12.5 Å². The largest absolute Gasteiger partial charge is 0.497 e. The van der Waals surface area contributed by atoms with Gasteiger partial charge >= 0.3 is 5.69 Å². The molecule has 1 amide bonds. The maximum atomic E-state index is 12.3. The van der Waals surface area contributed by atoms with Gasteiger partial charge in [0.25, 0.3) is 0 Å². The van der Waals surface area contributed by atoms with Crippen LogP contribution in [0.2, 0.25) is 0 Å². The van der Waals surface area contributed by atoms with E-state index in [1.807, 2.05) is 31.2 Å². The van der Waals surface area contributed by atoms with Crippen molar-refractivity contribution in [1.29, 1.82) is 0 Å². The van der Waals surface area contributed by atoms with Gasteiger partial charge in [0, 0.05) is 25.5 Å². The molecule has 1 atom stereocenters. The third-order valence-electron chi connectivity index (χ3n) is 3.83. The lowest BCUT2D eigenvalue weighted by atomic mass is 10.1. The number of amides is 1. The highest BCUT2D eigenvalue weighted by Gasteiger charge is 2.17. The fourth-order valence-corrected chi connectivity index (χ4v) is 2.25. The molecule has 0 unspecified atom stereocenters. The highest BCUT2D eigenvalue weighted by atomic mass is 16.5.